The first-order valence-corrected chi connectivity index (χ1v) is 10.2. The van der Waals surface area contributed by atoms with Crippen LogP contribution in [0.5, 0.6) is 5.75 Å². The lowest BCUT2D eigenvalue weighted by Gasteiger charge is -2.29. The molecule has 1 aliphatic rings. The van der Waals surface area contributed by atoms with Gasteiger partial charge < -0.3 is 20.3 Å². The third-order valence-corrected chi connectivity index (χ3v) is 4.68. The fourth-order valence-electron chi connectivity index (χ4n) is 3.04. The van der Waals surface area contributed by atoms with E-state index in [0.717, 1.165) is 48.9 Å². The van der Waals surface area contributed by atoms with Crippen LogP contribution >= 0.6 is 11.6 Å². The number of benzene rings is 1. The Morgan fingerprint density at radius 2 is 2.14 bits per heavy atom. The lowest BCUT2D eigenvalue weighted by atomic mass is 10.2. The number of halogens is 1. The summed E-state index contributed by atoms with van der Waals surface area (Å²) in [5.74, 6) is 1.50. The van der Waals surface area contributed by atoms with Crippen LogP contribution in [0.4, 0.5) is 5.69 Å². The zero-order valence-corrected chi connectivity index (χ0v) is 17.3. The second-order valence-corrected chi connectivity index (χ2v) is 6.97. The van der Waals surface area contributed by atoms with Crippen molar-refractivity contribution in [3.8, 4) is 5.75 Å². The zero-order valence-electron chi connectivity index (χ0n) is 16.5. The van der Waals surface area contributed by atoms with Gasteiger partial charge in [0.15, 0.2) is 12.6 Å². The van der Waals surface area contributed by atoms with E-state index in [1.165, 1.54) is 0 Å². The summed E-state index contributed by atoms with van der Waals surface area (Å²) in [5, 5.41) is 7.06. The summed E-state index contributed by atoms with van der Waals surface area (Å²) in [6.45, 7) is 4.87. The predicted octanol–water partition coefficient (Wildman–Crippen LogP) is 2.65. The standard InChI is InChI=1S/C21H26ClN5O2/c1-2-23-21(25-12-10-16-8-9-19(22)26-14-16)24-11-5-13-27-17-6-3-4-7-18(17)29-15-20(27)28/h3-4,6-9,14H,2,5,10-13,15H2,1H3,(H2,23,24,25). The highest BCUT2D eigenvalue weighted by Crippen LogP contribution is 2.31. The van der Waals surface area contributed by atoms with Gasteiger partial charge in [-0.1, -0.05) is 29.8 Å². The molecule has 0 spiro atoms. The number of carbonyl (C=O) groups is 1. The van der Waals surface area contributed by atoms with E-state index in [1.807, 2.05) is 37.3 Å². The lowest BCUT2D eigenvalue weighted by Crippen LogP contribution is -2.40. The molecule has 1 aromatic heterocycles. The molecule has 0 saturated carbocycles. The van der Waals surface area contributed by atoms with E-state index in [0.29, 0.717) is 18.2 Å². The maximum absolute atomic E-state index is 12.2. The van der Waals surface area contributed by atoms with Crippen LogP contribution in [0.2, 0.25) is 5.15 Å². The van der Waals surface area contributed by atoms with Gasteiger partial charge in [-0.2, -0.15) is 0 Å². The van der Waals surface area contributed by atoms with E-state index >= 15 is 0 Å². The van der Waals surface area contributed by atoms with Gasteiger partial charge in [0.1, 0.15) is 10.9 Å². The van der Waals surface area contributed by atoms with E-state index in [1.54, 1.807) is 17.2 Å². The monoisotopic (exact) mass is 415 g/mol. The van der Waals surface area contributed by atoms with Gasteiger partial charge in [-0.3, -0.25) is 9.79 Å². The Bertz CT molecular complexity index is 841. The van der Waals surface area contributed by atoms with Crippen molar-refractivity contribution in [3.05, 3.63) is 53.3 Å². The molecule has 0 atom stereocenters. The van der Waals surface area contributed by atoms with Crippen LogP contribution in [0, 0.1) is 0 Å². The van der Waals surface area contributed by atoms with Crippen LogP contribution in [-0.4, -0.2) is 49.6 Å². The summed E-state index contributed by atoms with van der Waals surface area (Å²) < 4.78 is 5.48. The van der Waals surface area contributed by atoms with Crippen molar-refractivity contribution in [2.24, 2.45) is 4.99 Å². The van der Waals surface area contributed by atoms with Gasteiger partial charge in [0.25, 0.3) is 5.91 Å². The van der Waals surface area contributed by atoms with Crippen molar-refractivity contribution in [1.29, 1.82) is 0 Å². The SMILES string of the molecule is CCNC(=NCCCN1C(=O)COc2ccccc21)NCCc1ccc(Cl)nc1. The minimum atomic E-state index is -0.0192. The van der Waals surface area contributed by atoms with Gasteiger partial charge in [-0.15, -0.1) is 0 Å². The van der Waals surface area contributed by atoms with Crippen LogP contribution < -0.4 is 20.3 Å². The Balaban J connectivity index is 1.47. The number of guanidine groups is 1. The molecule has 0 bridgehead atoms. The molecular weight excluding hydrogens is 390 g/mol. The van der Waals surface area contributed by atoms with Crippen LogP contribution in [0.1, 0.15) is 18.9 Å². The van der Waals surface area contributed by atoms with Gasteiger partial charge in [-0.25, -0.2) is 4.98 Å². The van der Waals surface area contributed by atoms with E-state index in [9.17, 15) is 4.79 Å². The second-order valence-electron chi connectivity index (χ2n) is 6.58. The number of ether oxygens (including phenoxy) is 1. The largest absolute Gasteiger partial charge is 0.482 e. The highest BCUT2D eigenvalue weighted by Gasteiger charge is 2.24. The minimum Gasteiger partial charge on any atom is -0.482 e. The average molecular weight is 416 g/mol. The molecule has 7 nitrogen and oxygen atoms in total. The lowest BCUT2D eigenvalue weighted by molar-refractivity contribution is -0.121. The molecule has 0 unspecified atom stereocenters. The number of hydrogen-bond acceptors (Lipinski definition) is 4. The molecule has 0 radical (unpaired) electrons. The zero-order chi connectivity index (χ0) is 20.5. The molecule has 1 amide bonds. The van der Waals surface area contributed by atoms with Crippen molar-refractivity contribution in [2.75, 3.05) is 37.7 Å². The van der Waals surface area contributed by atoms with Crippen molar-refractivity contribution < 1.29 is 9.53 Å². The number of amides is 1. The number of carbonyl (C=O) groups excluding carboxylic acids is 1. The summed E-state index contributed by atoms with van der Waals surface area (Å²) in [6.07, 6.45) is 3.37. The number of para-hydroxylation sites is 2. The van der Waals surface area contributed by atoms with Crippen LogP contribution in [0.15, 0.2) is 47.6 Å². The van der Waals surface area contributed by atoms with E-state index in [-0.39, 0.29) is 12.5 Å². The van der Waals surface area contributed by atoms with Crippen molar-refractivity contribution in [3.63, 3.8) is 0 Å². The fourth-order valence-corrected chi connectivity index (χ4v) is 3.15. The number of fused-ring (bicyclic) bond motifs is 1. The topological polar surface area (TPSA) is 78.9 Å². The first-order chi connectivity index (χ1) is 14.2. The Labute approximate surface area is 176 Å². The fraction of sp³-hybridized carbons (Fsp3) is 0.381. The maximum atomic E-state index is 12.2. The molecule has 2 heterocycles. The van der Waals surface area contributed by atoms with Gasteiger partial charge in [0.2, 0.25) is 0 Å². The minimum absolute atomic E-state index is 0.0192. The molecule has 0 fully saturated rings. The molecule has 2 N–H and O–H groups in total. The number of anilines is 1. The van der Waals surface area contributed by atoms with E-state index in [4.69, 9.17) is 16.3 Å². The Kier molecular flexibility index (Phi) is 7.69. The number of aliphatic imine (C=N–C) groups is 1. The van der Waals surface area contributed by atoms with Gasteiger partial charge in [0, 0.05) is 32.4 Å². The van der Waals surface area contributed by atoms with Gasteiger partial charge in [0.05, 0.1) is 5.69 Å². The smallest absolute Gasteiger partial charge is 0.265 e. The number of nitrogens with zero attached hydrogens (tertiary/aromatic N) is 3. The molecule has 1 aliphatic heterocycles. The molecule has 1 aromatic carbocycles. The summed E-state index contributed by atoms with van der Waals surface area (Å²) >= 11 is 5.81. The number of hydrogen-bond donors (Lipinski definition) is 2. The molecular formula is C21H26ClN5O2. The Morgan fingerprint density at radius 1 is 1.28 bits per heavy atom. The molecule has 8 heteroatoms. The van der Waals surface area contributed by atoms with Crippen LogP contribution in [0.25, 0.3) is 0 Å². The number of aromatic nitrogens is 1. The van der Waals surface area contributed by atoms with Gasteiger partial charge in [-0.05, 0) is 43.5 Å². The quantitative estimate of drug-likeness (QED) is 0.300. The third kappa shape index (κ3) is 6.09. The van der Waals surface area contributed by atoms with Crippen LogP contribution in [0.3, 0.4) is 0 Å². The van der Waals surface area contributed by atoms with Crippen molar-refractivity contribution >= 4 is 29.2 Å². The van der Waals surface area contributed by atoms with E-state index in [2.05, 4.69) is 20.6 Å². The van der Waals surface area contributed by atoms with Crippen molar-refractivity contribution in [1.82, 2.24) is 15.6 Å². The number of pyridine rings is 1. The van der Waals surface area contributed by atoms with Crippen molar-refractivity contribution in [2.45, 2.75) is 19.8 Å². The summed E-state index contributed by atoms with van der Waals surface area (Å²) in [5.41, 5.74) is 1.94. The third-order valence-electron chi connectivity index (χ3n) is 4.46. The number of rotatable bonds is 8. The first-order valence-electron chi connectivity index (χ1n) is 9.82. The Morgan fingerprint density at radius 3 is 2.93 bits per heavy atom. The predicted molar refractivity (Wildman–Crippen MR) is 116 cm³/mol. The van der Waals surface area contributed by atoms with E-state index < -0.39 is 0 Å². The molecule has 0 aliphatic carbocycles. The second kappa shape index (κ2) is 10.7. The summed E-state index contributed by atoms with van der Waals surface area (Å²) in [7, 11) is 0. The molecule has 29 heavy (non-hydrogen) atoms. The number of nitrogens with one attached hydrogen (secondary N) is 2. The van der Waals surface area contributed by atoms with Crippen LogP contribution in [-0.2, 0) is 11.2 Å². The highest BCUT2D eigenvalue weighted by atomic mass is 35.5. The summed E-state index contributed by atoms with van der Waals surface area (Å²) in [6, 6.07) is 11.4. The Hall–Kier alpha value is -2.80. The highest BCUT2D eigenvalue weighted by molar-refractivity contribution is 6.29. The normalized spacial score (nSPS) is 13.7. The molecule has 154 valence electrons. The summed E-state index contributed by atoms with van der Waals surface area (Å²) in [4.78, 5) is 22.7. The first kappa shape index (κ1) is 20.9. The molecule has 0 saturated heterocycles. The molecule has 2 aromatic rings. The average Bonchev–Trinajstić information content (AvgIpc) is 2.73. The molecule has 3 rings (SSSR count). The maximum Gasteiger partial charge on any atom is 0.265 e. The van der Waals surface area contributed by atoms with Gasteiger partial charge >= 0.3 is 0 Å².